The van der Waals surface area contributed by atoms with Gasteiger partial charge in [-0.25, -0.2) is 9.36 Å². The minimum atomic E-state index is -4.41. The molecule has 0 heterocycles. The molecule has 0 bridgehead atoms. The number of ether oxygens (including phenoxy) is 2. The summed E-state index contributed by atoms with van der Waals surface area (Å²) >= 11 is 0. The Labute approximate surface area is 368 Å². The molecule has 0 fully saturated rings. The molecule has 0 aliphatic rings. The van der Waals surface area contributed by atoms with Crippen molar-refractivity contribution in [3.8, 4) is 0 Å². The van der Waals surface area contributed by atoms with Crippen molar-refractivity contribution in [2.75, 3.05) is 47.5 Å². The van der Waals surface area contributed by atoms with Gasteiger partial charge >= 0.3 is 19.8 Å². The average molecular weight is 863 g/mol. The van der Waals surface area contributed by atoms with Crippen molar-refractivity contribution in [1.29, 1.82) is 0 Å². The van der Waals surface area contributed by atoms with Gasteiger partial charge in [0.05, 0.1) is 27.7 Å². The number of allylic oxidation sites excluding steroid dienone is 11. The second-order valence-corrected chi connectivity index (χ2v) is 18.3. The van der Waals surface area contributed by atoms with Gasteiger partial charge in [0.2, 0.25) is 0 Å². The number of quaternary nitrogens is 1. The quantitative estimate of drug-likeness (QED) is 0.0123. The Morgan fingerprint density at radius 3 is 1.52 bits per heavy atom. The molecule has 0 aromatic heterocycles. The van der Waals surface area contributed by atoms with E-state index in [1.807, 2.05) is 39.4 Å². The van der Waals surface area contributed by atoms with Crippen molar-refractivity contribution < 1.29 is 42.1 Å². The van der Waals surface area contributed by atoms with Crippen LogP contribution in [0, 0.1) is 0 Å². The van der Waals surface area contributed by atoms with Crippen LogP contribution in [0.2, 0.25) is 0 Å². The van der Waals surface area contributed by atoms with Gasteiger partial charge in [0.1, 0.15) is 19.8 Å². The van der Waals surface area contributed by atoms with Crippen molar-refractivity contribution in [2.24, 2.45) is 0 Å². The fraction of sp³-hybridized carbons (Fsp3) is 0.720. The van der Waals surface area contributed by atoms with Gasteiger partial charge in [-0.2, -0.15) is 0 Å². The largest absolute Gasteiger partial charge is 0.472 e. The van der Waals surface area contributed by atoms with Crippen LogP contribution < -0.4 is 0 Å². The van der Waals surface area contributed by atoms with Gasteiger partial charge in [0.15, 0.2) is 6.10 Å². The molecule has 0 aromatic carbocycles. The summed E-state index contributed by atoms with van der Waals surface area (Å²) < 4.78 is 34.1. The number of unbranched alkanes of at least 4 members (excludes halogenated alkanes) is 19. The van der Waals surface area contributed by atoms with Crippen LogP contribution in [0.5, 0.6) is 0 Å². The highest BCUT2D eigenvalue weighted by atomic mass is 31.2. The van der Waals surface area contributed by atoms with Gasteiger partial charge in [0, 0.05) is 12.5 Å². The standard InChI is InChI=1S/C50H88NO8P/c1-6-8-10-12-14-16-18-20-22-23-24-25-26-27-29-31-33-35-37-39-41-43-50(53)59-48(47-58-60(54,55)57-45-44-51(3,4)5)46-56-49(52)42-40-38-36-34-32-30-28-21-19-17-15-13-11-9-7-2/h22-23,25-26,29,31,35-38,40,42,48H,6-21,24,27-28,30,32-34,39,41,43-47H2,1-5H3/p+1/b23-22+,26-25+,31-29+,37-35+,38-36+,42-40+/t48-/m1/s1. The molecule has 0 aliphatic carbocycles. The lowest BCUT2D eigenvalue weighted by atomic mass is 10.1. The van der Waals surface area contributed by atoms with Crippen LogP contribution in [0.3, 0.4) is 0 Å². The first-order valence-corrected chi connectivity index (χ1v) is 25.2. The second kappa shape index (κ2) is 41.8. The normalized spacial score (nSPS) is 14.2. The molecule has 0 aliphatic heterocycles. The third-order valence-electron chi connectivity index (χ3n) is 9.81. The van der Waals surface area contributed by atoms with Crippen LogP contribution >= 0.6 is 7.82 Å². The predicted octanol–water partition coefficient (Wildman–Crippen LogP) is 13.8. The third-order valence-corrected chi connectivity index (χ3v) is 10.8. The number of carbonyl (C=O) groups is 2. The second-order valence-electron chi connectivity index (χ2n) is 16.9. The minimum Gasteiger partial charge on any atom is -0.458 e. The molecule has 1 unspecified atom stereocenters. The van der Waals surface area contributed by atoms with Gasteiger partial charge < -0.3 is 18.9 Å². The Hall–Kier alpha value is -2.55. The number of esters is 2. The molecular weight excluding hydrogens is 774 g/mol. The molecule has 2 atom stereocenters. The summed E-state index contributed by atoms with van der Waals surface area (Å²) in [5.74, 6) is -1.12. The van der Waals surface area contributed by atoms with Crippen molar-refractivity contribution in [3.63, 3.8) is 0 Å². The topological polar surface area (TPSA) is 108 Å². The Morgan fingerprint density at radius 2 is 1.02 bits per heavy atom. The van der Waals surface area contributed by atoms with Gasteiger partial charge in [0.25, 0.3) is 0 Å². The van der Waals surface area contributed by atoms with E-state index in [4.69, 9.17) is 18.5 Å². The summed E-state index contributed by atoms with van der Waals surface area (Å²) in [6.45, 7) is 4.22. The van der Waals surface area contributed by atoms with E-state index >= 15 is 0 Å². The van der Waals surface area contributed by atoms with Crippen LogP contribution in [0.15, 0.2) is 72.9 Å². The van der Waals surface area contributed by atoms with E-state index < -0.39 is 32.5 Å². The molecule has 0 aromatic rings. The lowest BCUT2D eigenvalue weighted by molar-refractivity contribution is -0.870. The molecule has 60 heavy (non-hydrogen) atoms. The number of likely N-dealkylation sites (N-methyl/N-ethyl adjacent to an activating group) is 1. The van der Waals surface area contributed by atoms with E-state index in [-0.39, 0.29) is 19.6 Å². The number of phosphoric acid groups is 1. The maximum absolute atomic E-state index is 12.7. The van der Waals surface area contributed by atoms with Crippen molar-refractivity contribution >= 4 is 19.8 Å². The molecule has 1 N–H and O–H groups in total. The molecule has 0 spiro atoms. The summed E-state index contributed by atoms with van der Waals surface area (Å²) in [4.78, 5) is 35.3. The summed E-state index contributed by atoms with van der Waals surface area (Å²) in [6, 6.07) is 0. The van der Waals surface area contributed by atoms with E-state index in [1.165, 1.54) is 122 Å². The average Bonchev–Trinajstić information content (AvgIpc) is 3.20. The Kier molecular flexibility index (Phi) is 40.0. The monoisotopic (exact) mass is 863 g/mol. The molecule has 9 nitrogen and oxygen atoms in total. The number of carbonyl (C=O) groups excluding carboxylic acids is 2. The van der Waals surface area contributed by atoms with Crippen LogP contribution in [0.25, 0.3) is 0 Å². The summed E-state index contributed by atoms with van der Waals surface area (Å²) in [5.41, 5.74) is 0. The summed E-state index contributed by atoms with van der Waals surface area (Å²) in [5, 5.41) is 0. The molecule has 0 rings (SSSR count). The van der Waals surface area contributed by atoms with Gasteiger partial charge in [-0.3, -0.25) is 13.8 Å². The first-order valence-electron chi connectivity index (χ1n) is 23.7. The number of hydrogen-bond acceptors (Lipinski definition) is 7. The fourth-order valence-electron chi connectivity index (χ4n) is 6.10. The summed E-state index contributed by atoms with van der Waals surface area (Å²) in [7, 11) is 1.39. The first-order chi connectivity index (χ1) is 29.0. The molecule has 0 saturated heterocycles. The Morgan fingerprint density at radius 1 is 0.567 bits per heavy atom. The first kappa shape index (κ1) is 57.4. The number of nitrogens with zero attached hydrogens (tertiary/aromatic N) is 1. The molecule has 0 saturated carbocycles. The lowest BCUT2D eigenvalue weighted by Crippen LogP contribution is -2.37. The number of rotatable bonds is 42. The zero-order chi connectivity index (χ0) is 44.3. The molecular formula is C50H89NO8P+. The van der Waals surface area contributed by atoms with Crippen LogP contribution in [-0.2, 0) is 32.7 Å². The minimum absolute atomic E-state index is 0.00589. The SMILES string of the molecule is CCCCCCCCC/C=C/C/C=C/C/C=C/C/C=C/CCCC(=O)O[C@H](COC(=O)/C=C/C=C/CCCCCCCCCCCCC)COP(=O)(O)OCC[N+](C)(C)C. The maximum atomic E-state index is 12.7. The van der Waals surface area contributed by atoms with Crippen molar-refractivity contribution in [1.82, 2.24) is 0 Å². The van der Waals surface area contributed by atoms with Gasteiger partial charge in [-0.1, -0.05) is 183 Å². The van der Waals surface area contributed by atoms with E-state index in [1.54, 1.807) is 6.08 Å². The van der Waals surface area contributed by atoms with Gasteiger partial charge in [-0.05, 0) is 57.8 Å². The van der Waals surface area contributed by atoms with Crippen LogP contribution in [0.4, 0.5) is 0 Å². The fourth-order valence-corrected chi connectivity index (χ4v) is 6.84. The van der Waals surface area contributed by atoms with Crippen molar-refractivity contribution in [2.45, 2.75) is 187 Å². The smallest absolute Gasteiger partial charge is 0.458 e. The highest BCUT2D eigenvalue weighted by Crippen LogP contribution is 2.43. The zero-order valence-corrected chi connectivity index (χ0v) is 39.8. The molecule has 346 valence electrons. The Balaban J connectivity index is 4.51. The maximum Gasteiger partial charge on any atom is 0.472 e. The van der Waals surface area contributed by atoms with Crippen LogP contribution in [-0.4, -0.2) is 74.9 Å². The predicted molar refractivity (Wildman–Crippen MR) is 252 cm³/mol. The summed E-state index contributed by atoms with van der Waals surface area (Å²) in [6.07, 6.45) is 53.1. The highest BCUT2D eigenvalue weighted by Gasteiger charge is 2.26. The van der Waals surface area contributed by atoms with E-state index in [9.17, 15) is 19.0 Å². The Bertz CT molecular complexity index is 1250. The zero-order valence-electron chi connectivity index (χ0n) is 38.9. The third kappa shape index (κ3) is 45.0. The van der Waals surface area contributed by atoms with Gasteiger partial charge in [-0.15, -0.1) is 0 Å². The van der Waals surface area contributed by atoms with E-state index in [0.717, 1.165) is 32.1 Å². The molecule has 0 amide bonds. The number of hydrogen-bond donors (Lipinski definition) is 1. The van der Waals surface area contributed by atoms with Crippen LogP contribution in [0.1, 0.15) is 181 Å². The van der Waals surface area contributed by atoms with E-state index in [0.29, 0.717) is 23.9 Å². The van der Waals surface area contributed by atoms with Crippen molar-refractivity contribution in [3.05, 3.63) is 72.9 Å². The van der Waals surface area contributed by atoms with E-state index in [2.05, 4.69) is 56.4 Å². The molecule has 10 heteroatoms. The highest BCUT2D eigenvalue weighted by molar-refractivity contribution is 7.47. The molecule has 0 radical (unpaired) electrons. The number of phosphoric ester groups is 1. The lowest BCUT2D eigenvalue weighted by Gasteiger charge is -2.24.